The van der Waals surface area contributed by atoms with E-state index in [1.165, 1.54) is 0 Å². The van der Waals surface area contributed by atoms with Crippen molar-refractivity contribution in [3.63, 3.8) is 0 Å². The predicted octanol–water partition coefficient (Wildman–Crippen LogP) is 2.63. The van der Waals surface area contributed by atoms with E-state index in [0.717, 1.165) is 11.0 Å². The van der Waals surface area contributed by atoms with Gasteiger partial charge in [-0.3, -0.25) is 15.0 Å². The van der Waals surface area contributed by atoms with Crippen molar-refractivity contribution in [2.75, 3.05) is 6.54 Å². The number of benzene rings is 2. The van der Waals surface area contributed by atoms with Gasteiger partial charge in [0.1, 0.15) is 11.3 Å². The molecule has 25 heavy (non-hydrogen) atoms. The van der Waals surface area contributed by atoms with Crippen LogP contribution in [0.5, 0.6) is 0 Å². The minimum absolute atomic E-state index is 0.000811. The molecule has 3 rings (SSSR count). The largest absolute Gasteiger partial charge is 0.299 e. The number of para-hydroxylation sites is 3. The first-order chi connectivity index (χ1) is 12.1. The van der Waals surface area contributed by atoms with Crippen LogP contribution in [-0.4, -0.2) is 28.2 Å². The molecule has 0 radical (unpaired) electrons. The Morgan fingerprint density at radius 1 is 0.960 bits per heavy atom. The van der Waals surface area contributed by atoms with Gasteiger partial charge in [-0.05, 0) is 24.3 Å². The van der Waals surface area contributed by atoms with E-state index in [1.54, 1.807) is 12.1 Å². The molecule has 0 atom stereocenters. The van der Waals surface area contributed by atoms with E-state index in [4.69, 9.17) is 0 Å². The number of carbonyl (C=O) groups is 2. The number of aromatic nitrogens is 2. The lowest BCUT2D eigenvalue weighted by Gasteiger charge is -2.10. The Labute approximate surface area is 145 Å². The molecule has 128 valence electrons. The molecule has 6 nitrogen and oxygen atoms in total. The van der Waals surface area contributed by atoms with Crippen LogP contribution in [0.4, 0.5) is 0 Å². The standard InChI is InChI=1S/C19H20N4O2/c1-12(2)17(24)10-11-20-23-19(25)13-6-5-9-16-18(13)22-15-8-4-3-7-14(15)21-16/h3-9,12,20H,10-11H2,1-2H3,(H,23,25). The number of nitrogens with one attached hydrogen (secondary N) is 2. The van der Waals surface area contributed by atoms with Crippen LogP contribution in [-0.2, 0) is 4.79 Å². The molecule has 0 saturated carbocycles. The summed E-state index contributed by atoms with van der Waals surface area (Å²) < 4.78 is 0. The van der Waals surface area contributed by atoms with Crippen molar-refractivity contribution in [3.05, 3.63) is 48.0 Å². The lowest BCUT2D eigenvalue weighted by atomic mass is 10.1. The van der Waals surface area contributed by atoms with Gasteiger partial charge in [0.15, 0.2) is 0 Å². The maximum absolute atomic E-state index is 12.4. The van der Waals surface area contributed by atoms with Crippen LogP contribution in [0.25, 0.3) is 22.1 Å². The lowest BCUT2D eigenvalue weighted by Crippen LogP contribution is -2.39. The van der Waals surface area contributed by atoms with Crippen molar-refractivity contribution in [2.45, 2.75) is 20.3 Å². The Morgan fingerprint density at radius 2 is 1.64 bits per heavy atom. The summed E-state index contributed by atoms with van der Waals surface area (Å²) in [5, 5.41) is 0. The number of carbonyl (C=O) groups excluding carboxylic acids is 2. The van der Waals surface area contributed by atoms with Crippen LogP contribution in [0.15, 0.2) is 42.5 Å². The summed E-state index contributed by atoms with van der Waals surface area (Å²) in [4.78, 5) is 33.2. The Kier molecular flexibility index (Phi) is 5.00. The molecule has 1 amide bonds. The molecule has 2 aromatic carbocycles. The number of rotatable bonds is 6. The molecule has 0 aliphatic rings. The Hall–Kier alpha value is -2.86. The topological polar surface area (TPSA) is 84.0 Å². The maximum atomic E-state index is 12.4. The number of hydrogen-bond donors (Lipinski definition) is 2. The minimum Gasteiger partial charge on any atom is -0.299 e. The van der Waals surface area contributed by atoms with Crippen molar-refractivity contribution >= 4 is 33.8 Å². The fraction of sp³-hybridized carbons (Fsp3) is 0.263. The lowest BCUT2D eigenvalue weighted by molar-refractivity contribution is -0.121. The van der Waals surface area contributed by atoms with Gasteiger partial charge in [0.2, 0.25) is 0 Å². The summed E-state index contributed by atoms with van der Waals surface area (Å²) >= 11 is 0. The van der Waals surface area contributed by atoms with Crippen LogP contribution in [0.1, 0.15) is 30.6 Å². The van der Waals surface area contributed by atoms with Gasteiger partial charge in [0.25, 0.3) is 5.91 Å². The van der Waals surface area contributed by atoms with E-state index in [0.29, 0.717) is 29.6 Å². The summed E-state index contributed by atoms with van der Waals surface area (Å²) in [5.41, 5.74) is 8.62. The summed E-state index contributed by atoms with van der Waals surface area (Å²) in [7, 11) is 0. The number of amides is 1. The molecule has 1 heterocycles. The number of Topliss-reactive ketones (excluding diaryl/α,β-unsaturated/α-hetero) is 1. The zero-order chi connectivity index (χ0) is 17.8. The van der Waals surface area contributed by atoms with Crippen molar-refractivity contribution in [1.82, 2.24) is 20.8 Å². The van der Waals surface area contributed by atoms with Crippen LogP contribution in [0, 0.1) is 5.92 Å². The maximum Gasteiger partial charge on any atom is 0.267 e. The quantitative estimate of drug-likeness (QED) is 0.411. The molecular formula is C19H20N4O2. The Balaban J connectivity index is 1.77. The number of ketones is 1. The highest BCUT2D eigenvalue weighted by molar-refractivity contribution is 6.05. The van der Waals surface area contributed by atoms with E-state index in [2.05, 4.69) is 20.8 Å². The highest BCUT2D eigenvalue weighted by Gasteiger charge is 2.13. The molecule has 0 fully saturated rings. The number of fused-ring (bicyclic) bond motifs is 2. The van der Waals surface area contributed by atoms with Crippen molar-refractivity contribution in [3.8, 4) is 0 Å². The van der Waals surface area contributed by atoms with Gasteiger partial charge in [0, 0.05) is 18.9 Å². The molecular weight excluding hydrogens is 316 g/mol. The van der Waals surface area contributed by atoms with Crippen molar-refractivity contribution in [1.29, 1.82) is 0 Å². The second kappa shape index (κ2) is 7.36. The minimum atomic E-state index is -0.299. The fourth-order valence-corrected chi connectivity index (χ4v) is 2.51. The second-order valence-electron chi connectivity index (χ2n) is 6.14. The molecule has 0 bridgehead atoms. The van der Waals surface area contributed by atoms with Gasteiger partial charge >= 0.3 is 0 Å². The average Bonchev–Trinajstić information content (AvgIpc) is 2.62. The predicted molar refractivity (Wildman–Crippen MR) is 97.0 cm³/mol. The highest BCUT2D eigenvalue weighted by atomic mass is 16.2. The third kappa shape index (κ3) is 3.80. The van der Waals surface area contributed by atoms with Crippen LogP contribution < -0.4 is 10.9 Å². The van der Waals surface area contributed by atoms with E-state index in [9.17, 15) is 9.59 Å². The molecule has 0 aliphatic carbocycles. The first-order valence-electron chi connectivity index (χ1n) is 8.27. The van der Waals surface area contributed by atoms with E-state index in [-0.39, 0.29) is 17.6 Å². The third-order valence-corrected chi connectivity index (χ3v) is 3.96. The summed E-state index contributed by atoms with van der Waals surface area (Å²) in [6, 6.07) is 12.9. The number of hydrogen-bond acceptors (Lipinski definition) is 5. The molecule has 3 aromatic rings. The summed E-state index contributed by atoms with van der Waals surface area (Å²) in [6.07, 6.45) is 0.373. The van der Waals surface area contributed by atoms with Crippen LogP contribution in [0.2, 0.25) is 0 Å². The van der Waals surface area contributed by atoms with Gasteiger partial charge in [0.05, 0.1) is 22.1 Å². The van der Waals surface area contributed by atoms with Crippen molar-refractivity contribution < 1.29 is 9.59 Å². The van der Waals surface area contributed by atoms with Crippen molar-refractivity contribution in [2.24, 2.45) is 5.92 Å². The SMILES string of the molecule is CC(C)C(=O)CCNNC(=O)c1cccc2nc3ccccc3nc12. The smallest absolute Gasteiger partial charge is 0.267 e. The molecule has 0 aliphatic heterocycles. The number of hydrazine groups is 1. The zero-order valence-corrected chi connectivity index (χ0v) is 14.2. The van der Waals surface area contributed by atoms with Gasteiger partial charge in [-0.1, -0.05) is 32.0 Å². The van der Waals surface area contributed by atoms with Crippen LogP contribution in [0.3, 0.4) is 0 Å². The molecule has 2 N–H and O–H groups in total. The summed E-state index contributed by atoms with van der Waals surface area (Å²) in [5.74, 6) is -0.143. The second-order valence-corrected chi connectivity index (χ2v) is 6.14. The average molecular weight is 336 g/mol. The van der Waals surface area contributed by atoms with Gasteiger partial charge in [-0.15, -0.1) is 0 Å². The molecule has 1 aromatic heterocycles. The molecule has 0 spiro atoms. The first-order valence-corrected chi connectivity index (χ1v) is 8.27. The Morgan fingerprint density at radius 3 is 2.36 bits per heavy atom. The van der Waals surface area contributed by atoms with E-state index in [1.807, 2.05) is 44.2 Å². The normalized spacial score (nSPS) is 11.2. The van der Waals surface area contributed by atoms with E-state index < -0.39 is 0 Å². The van der Waals surface area contributed by atoms with Gasteiger partial charge in [-0.2, -0.15) is 0 Å². The molecule has 0 unspecified atom stereocenters. The van der Waals surface area contributed by atoms with E-state index >= 15 is 0 Å². The van der Waals surface area contributed by atoms with Gasteiger partial charge < -0.3 is 0 Å². The molecule has 0 saturated heterocycles. The van der Waals surface area contributed by atoms with Gasteiger partial charge in [-0.25, -0.2) is 15.4 Å². The monoisotopic (exact) mass is 336 g/mol. The van der Waals surface area contributed by atoms with Crippen LogP contribution >= 0.6 is 0 Å². The number of nitrogens with zero attached hydrogens (tertiary/aromatic N) is 2. The first kappa shape index (κ1) is 17.0. The Bertz CT molecular complexity index is 937. The zero-order valence-electron chi connectivity index (χ0n) is 14.2. The highest BCUT2D eigenvalue weighted by Crippen LogP contribution is 2.19. The summed E-state index contributed by atoms with van der Waals surface area (Å²) in [6.45, 7) is 4.11. The fourth-order valence-electron chi connectivity index (χ4n) is 2.51. The molecule has 6 heteroatoms. The third-order valence-electron chi connectivity index (χ3n) is 3.96.